The quantitative estimate of drug-likeness (QED) is 0.863. The zero-order valence-electron chi connectivity index (χ0n) is 10.6. The van der Waals surface area contributed by atoms with Gasteiger partial charge in [0.15, 0.2) is 0 Å². The zero-order chi connectivity index (χ0) is 13.0. The molecule has 0 amide bonds. The van der Waals surface area contributed by atoms with Crippen molar-refractivity contribution in [2.24, 2.45) is 0 Å². The van der Waals surface area contributed by atoms with E-state index in [-0.39, 0.29) is 6.61 Å². The molecule has 0 saturated carbocycles. The average Bonchev–Trinajstić information content (AvgIpc) is 2.39. The minimum Gasteiger partial charge on any atom is -0.394 e. The Kier molecular flexibility index (Phi) is 3.58. The van der Waals surface area contributed by atoms with E-state index >= 15 is 0 Å². The van der Waals surface area contributed by atoms with Crippen LogP contribution >= 0.6 is 0 Å². The Balaban J connectivity index is 2.29. The maximum atomic E-state index is 9.66. The number of nitrogens with one attached hydrogen (secondary N) is 1. The highest BCUT2D eigenvalue weighted by molar-refractivity contribution is 5.42. The van der Waals surface area contributed by atoms with Crippen LogP contribution in [0.5, 0.6) is 0 Å². The Morgan fingerprint density at radius 1 is 1.28 bits per heavy atom. The van der Waals surface area contributed by atoms with Crippen molar-refractivity contribution in [3.8, 4) is 0 Å². The SMILES string of the molecule is Cc1cnnc(NC(C)(CO)c2ccccc2)c1. The van der Waals surface area contributed by atoms with Gasteiger partial charge in [0.05, 0.1) is 18.3 Å². The van der Waals surface area contributed by atoms with Gasteiger partial charge in [0, 0.05) is 0 Å². The van der Waals surface area contributed by atoms with Gasteiger partial charge in [-0.2, -0.15) is 5.10 Å². The van der Waals surface area contributed by atoms with E-state index in [0.717, 1.165) is 11.1 Å². The molecule has 4 heteroatoms. The van der Waals surface area contributed by atoms with Gasteiger partial charge in [0.2, 0.25) is 0 Å². The van der Waals surface area contributed by atoms with Gasteiger partial charge in [-0.15, -0.1) is 5.10 Å². The number of hydrogen-bond acceptors (Lipinski definition) is 4. The molecule has 0 radical (unpaired) electrons. The number of rotatable bonds is 4. The molecule has 1 aromatic heterocycles. The Labute approximate surface area is 107 Å². The van der Waals surface area contributed by atoms with Crippen molar-refractivity contribution in [2.75, 3.05) is 11.9 Å². The molecule has 1 heterocycles. The van der Waals surface area contributed by atoms with Gasteiger partial charge >= 0.3 is 0 Å². The summed E-state index contributed by atoms with van der Waals surface area (Å²) in [4.78, 5) is 0. The van der Waals surface area contributed by atoms with E-state index < -0.39 is 5.54 Å². The summed E-state index contributed by atoms with van der Waals surface area (Å²) in [6.45, 7) is 3.87. The molecule has 0 aliphatic heterocycles. The van der Waals surface area contributed by atoms with Crippen LogP contribution in [0.25, 0.3) is 0 Å². The van der Waals surface area contributed by atoms with Crippen molar-refractivity contribution in [3.63, 3.8) is 0 Å². The Bertz CT molecular complexity index is 515. The molecule has 4 nitrogen and oxygen atoms in total. The summed E-state index contributed by atoms with van der Waals surface area (Å²) in [5.41, 5.74) is 1.47. The molecular formula is C14H17N3O. The van der Waals surface area contributed by atoms with Crippen LogP contribution in [0.2, 0.25) is 0 Å². The highest BCUT2D eigenvalue weighted by Crippen LogP contribution is 2.24. The van der Waals surface area contributed by atoms with E-state index in [1.54, 1.807) is 6.20 Å². The summed E-state index contributed by atoms with van der Waals surface area (Å²) in [5, 5.41) is 20.8. The number of hydrogen-bond donors (Lipinski definition) is 2. The Morgan fingerprint density at radius 3 is 2.61 bits per heavy atom. The van der Waals surface area contributed by atoms with Gasteiger partial charge in [0.1, 0.15) is 5.82 Å². The molecule has 2 aromatic rings. The van der Waals surface area contributed by atoms with E-state index in [1.165, 1.54) is 0 Å². The second-order valence-electron chi connectivity index (χ2n) is 4.60. The molecule has 94 valence electrons. The summed E-state index contributed by atoms with van der Waals surface area (Å²) in [7, 11) is 0. The van der Waals surface area contributed by atoms with Gasteiger partial charge in [-0.05, 0) is 31.0 Å². The predicted octanol–water partition coefficient (Wildman–Crippen LogP) is 2.10. The number of anilines is 1. The van der Waals surface area contributed by atoms with E-state index in [0.29, 0.717) is 5.82 Å². The third-order valence-electron chi connectivity index (χ3n) is 2.92. The fourth-order valence-electron chi connectivity index (χ4n) is 1.82. The molecular weight excluding hydrogens is 226 g/mol. The van der Waals surface area contributed by atoms with Crippen LogP contribution in [-0.4, -0.2) is 21.9 Å². The van der Waals surface area contributed by atoms with Crippen molar-refractivity contribution in [3.05, 3.63) is 53.7 Å². The van der Waals surface area contributed by atoms with Gasteiger partial charge < -0.3 is 10.4 Å². The summed E-state index contributed by atoms with van der Waals surface area (Å²) in [6.07, 6.45) is 1.70. The molecule has 0 spiro atoms. The highest BCUT2D eigenvalue weighted by atomic mass is 16.3. The van der Waals surface area contributed by atoms with Gasteiger partial charge in [-0.25, -0.2) is 0 Å². The summed E-state index contributed by atoms with van der Waals surface area (Å²) in [6, 6.07) is 11.7. The smallest absolute Gasteiger partial charge is 0.149 e. The summed E-state index contributed by atoms with van der Waals surface area (Å²) < 4.78 is 0. The van der Waals surface area contributed by atoms with Gasteiger partial charge in [-0.3, -0.25) is 0 Å². The van der Waals surface area contributed by atoms with Crippen LogP contribution in [0.4, 0.5) is 5.82 Å². The topological polar surface area (TPSA) is 58.0 Å². The van der Waals surface area contributed by atoms with E-state index in [2.05, 4.69) is 15.5 Å². The fraction of sp³-hybridized carbons (Fsp3) is 0.286. The third kappa shape index (κ3) is 2.65. The Morgan fingerprint density at radius 2 is 2.00 bits per heavy atom. The van der Waals surface area contributed by atoms with Crippen molar-refractivity contribution >= 4 is 5.82 Å². The lowest BCUT2D eigenvalue weighted by Crippen LogP contribution is -2.36. The van der Waals surface area contributed by atoms with Crippen LogP contribution in [-0.2, 0) is 5.54 Å². The molecule has 0 aliphatic carbocycles. The number of aromatic nitrogens is 2. The fourth-order valence-corrected chi connectivity index (χ4v) is 1.82. The number of benzene rings is 1. The molecule has 1 atom stereocenters. The van der Waals surface area contributed by atoms with Crippen LogP contribution < -0.4 is 5.32 Å². The van der Waals surface area contributed by atoms with E-state index in [9.17, 15) is 5.11 Å². The molecule has 0 fully saturated rings. The minimum absolute atomic E-state index is 0.0212. The second-order valence-corrected chi connectivity index (χ2v) is 4.60. The molecule has 0 aliphatic rings. The monoisotopic (exact) mass is 243 g/mol. The van der Waals surface area contributed by atoms with Gasteiger partial charge in [0.25, 0.3) is 0 Å². The van der Waals surface area contributed by atoms with E-state index in [1.807, 2.05) is 50.2 Å². The maximum absolute atomic E-state index is 9.66. The third-order valence-corrected chi connectivity index (χ3v) is 2.92. The summed E-state index contributed by atoms with van der Waals surface area (Å²) in [5.74, 6) is 0.662. The van der Waals surface area contributed by atoms with Crippen LogP contribution in [0.15, 0.2) is 42.6 Å². The lowest BCUT2D eigenvalue weighted by Gasteiger charge is -2.29. The number of aliphatic hydroxyl groups is 1. The maximum Gasteiger partial charge on any atom is 0.149 e. The number of aryl methyl sites for hydroxylation is 1. The molecule has 18 heavy (non-hydrogen) atoms. The van der Waals surface area contributed by atoms with Crippen LogP contribution in [0.3, 0.4) is 0 Å². The average molecular weight is 243 g/mol. The largest absolute Gasteiger partial charge is 0.394 e. The predicted molar refractivity (Wildman–Crippen MR) is 71.3 cm³/mol. The minimum atomic E-state index is -0.566. The van der Waals surface area contributed by atoms with Crippen LogP contribution in [0, 0.1) is 6.92 Å². The second kappa shape index (κ2) is 5.14. The molecule has 1 aromatic carbocycles. The first-order valence-corrected chi connectivity index (χ1v) is 5.88. The molecule has 0 bridgehead atoms. The standard InChI is InChI=1S/C14H17N3O/c1-11-8-13(17-15-9-11)16-14(2,10-18)12-6-4-3-5-7-12/h3-9,18H,10H2,1-2H3,(H,16,17). The molecule has 2 rings (SSSR count). The first-order valence-electron chi connectivity index (χ1n) is 5.88. The Hall–Kier alpha value is -1.94. The summed E-state index contributed by atoms with van der Waals surface area (Å²) >= 11 is 0. The normalized spacial score (nSPS) is 13.9. The van der Waals surface area contributed by atoms with Crippen LogP contribution in [0.1, 0.15) is 18.1 Å². The first-order chi connectivity index (χ1) is 8.64. The highest BCUT2D eigenvalue weighted by Gasteiger charge is 2.25. The molecule has 2 N–H and O–H groups in total. The van der Waals surface area contributed by atoms with Gasteiger partial charge in [-0.1, -0.05) is 30.3 Å². The zero-order valence-corrected chi connectivity index (χ0v) is 10.6. The molecule has 1 unspecified atom stereocenters. The lowest BCUT2D eigenvalue weighted by atomic mass is 9.93. The van der Waals surface area contributed by atoms with Crippen molar-refractivity contribution in [1.29, 1.82) is 0 Å². The van der Waals surface area contributed by atoms with Crippen molar-refractivity contribution in [2.45, 2.75) is 19.4 Å². The first kappa shape index (κ1) is 12.5. The van der Waals surface area contributed by atoms with E-state index in [4.69, 9.17) is 0 Å². The van der Waals surface area contributed by atoms with Crippen molar-refractivity contribution < 1.29 is 5.11 Å². The molecule has 0 saturated heterocycles. The number of aliphatic hydroxyl groups excluding tert-OH is 1. The lowest BCUT2D eigenvalue weighted by molar-refractivity contribution is 0.223. The van der Waals surface area contributed by atoms with Crippen molar-refractivity contribution in [1.82, 2.24) is 10.2 Å². The number of nitrogens with zero attached hydrogens (tertiary/aromatic N) is 2.